The Balaban J connectivity index is 1.32. The number of allylic oxidation sites excluding steroid dienone is 4. The van der Waals surface area contributed by atoms with Gasteiger partial charge < -0.3 is 9.30 Å². The Morgan fingerprint density at radius 1 is 1.19 bits per heavy atom. The van der Waals surface area contributed by atoms with Gasteiger partial charge in [0.2, 0.25) is 5.88 Å². The van der Waals surface area contributed by atoms with Gasteiger partial charge in [-0.05, 0) is 37.3 Å². The Hall–Kier alpha value is -2.89. The van der Waals surface area contributed by atoms with Gasteiger partial charge in [-0.25, -0.2) is 14.5 Å². The van der Waals surface area contributed by atoms with E-state index in [0.29, 0.717) is 18.4 Å². The molecule has 0 unspecified atom stereocenters. The number of fused-ring (bicyclic) bond motifs is 1. The summed E-state index contributed by atoms with van der Waals surface area (Å²) in [5, 5.41) is 4.52. The molecular weight excluding hydrogens is 326 g/mol. The normalized spacial score (nSPS) is 16.9. The second-order valence-electron chi connectivity index (χ2n) is 7.02. The van der Waals surface area contributed by atoms with Gasteiger partial charge in [-0.2, -0.15) is 0 Å². The largest absolute Gasteiger partial charge is 0.468 e. The summed E-state index contributed by atoms with van der Waals surface area (Å²) in [6, 6.07) is 3.83. The highest BCUT2D eigenvalue weighted by Gasteiger charge is 2.26. The fraction of sp³-hybridized carbons (Fsp3) is 0.350. The van der Waals surface area contributed by atoms with Gasteiger partial charge in [0.1, 0.15) is 12.4 Å². The Bertz CT molecular complexity index is 1020. The number of rotatable bonds is 5. The molecule has 3 aromatic rings. The highest BCUT2D eigenvalue weighted by molar-refractivity contribution is 5.65. The standard InChI is InChI=1S/C20H21N5O/c1-24-11-16(14-5-3-2-4-6-14)22-19(24)13-26-20-10-9-18-21-17(15-7-8-15)12-25(18)23-20/h2-3,5,9-12,15H,4,6-8,13H2,1H3. The van der Waals surface area contributed by atoms with Crippen molar-refractivity contribution in [3.63, 3.8) is 0 Å². The summed E-state index contributed by atoms with van der Waals surface area (Å²) in [7, 11) is 2.00. The van der Waals surface area contributed by atoms with Crippen LogP contribution < -0.4 is 4.74 Å². The Kier molecular flexibility index (Phi) is 3.62. The zero-order valence-electron chi connectivity index (χ0n) is 14.8. The van der Waals surface area contributed by atoms with Crippen LogP contribution in [0.4, 0.5) is 0 Å². The number of ether oxygens (including phenoxy) is 1. The number of nitrogens with zero attached hydrogens (tertiary/aromatic N) is 5. The van der Waals surface area contributed by atoms with Crippen LogP contribution in [0.2, 0.25) is 0 Å². The maximum Gasteiger partial charge on any atom is 0.232 e. The topological polar surface area (TPSA) is 57.2 Å². The molecule has 3 heterocycles. The minimum atomic E-state index is 0.391. The van der Waals surface area contributed by atoms with Crippen LogP contribution in [0, 0.1) is 0 Å². The van der Waals surface area contributed by atoms with Crippen molar-refractivity contribution in [3.05, 3.63) is 60.0 Å². The summed E-state index contributed by atoms with van der Waals surface area (Å²) in [6.07, 6.45) is 15.1. The molecule has 5 rings (SSSR count). The third kappa shape index (κ3) is 2.92. The lowest BCUT2D eigenvalue weighted by atomic mass is 10.0. The molecule has 0 N–H and O–H groups in total. The fourth-order valence-corrected chi connectivity index (χ4v) is 3.28. The summed E-state index contributed by atoms with van der Waals surface area (Å²) in [4.78, 5) is 9.36. The zero-order valence-corrected chi connectivity index (χ0v) is 14.8. The number of aryl methyl sites for hydroxylation is 1. The van der Waals surface area contributed by atoms with Crippen LogP contribution in [-0.2, 0) is 13.7 Å². The van der Waals surface area contributed by atoms with E-state index in [1.54, 1.807) is 0 Å². The van der Waals surface area contributed by atoms with Gasteiger partial charge in [0, 0.05) is 25.2 Å². The molecule has 6 heteroatoms. The summed E-state index contributed by atoms with van der Waals surface area (Å²) in [5.41, 5.74) is 4.32. The van der Waals surface area contributed by atoms with Crippen LogP contribution in [0.1, 0.15) is 48.8 Å². The SMILES string of the molecule is Cn1cc(C2=CC=CCC2)nc1COc1ccc2nc(C3CC3)cn2n1. The highest BCUT2D eigenvalue weighted by atomic mass is 16.5. The maximum atomic E-state index is 5.89. The summed E-state index contributed by atoms with van der Waals surface area (Å²) < 4.78 is 9.73. The zero-order chi connectivity index (χ0) is 17.5. The smallest absolute Gasteiger partial charge is 0.232 e. The van der Waals surface area contributed by atoms with E-state index in [-0.39, 0.29) is 0 Å². The van der Waals surface area contributed by atoms with Crippen LogP contribution in [0.25, 0.3) is 11.2 Å². The van der Waals surface area contributed by atoms with Crippen molar-refractivity contribution in [2.75, 3.05) is 0 Å². The second-order valence-corrected chi connectivity index (χ2v) is 7.02. The molecule has 0 aliphatic heterocycles. The van der Waals surface area contributed by atoms with E-state index in [1.807, 2.05) is 34.5 Å². The molecule has 0 radical (unpaired) electrons. The van der Waals surface area contributed by atoms with Gasteiger partial charge in [-0.3, -0.25) is 0 Å². The van der Waals surface area contributed by atoms with Crippen molar-refractivity contribution in [2.24, 2.45) is 7.05 Å². The lowest BCUT2D eigenvalue weighted by Crippen LogP contribution is -2.05. The third-order valence-corrected chi connectivity index (χ3v) is 4.97. The highest BCUT2D eigenvalue weighted by Crippen LogP contribution is 2.39. The minimum absolute atomic E-state index is 0.391. The van der Waals surface area contributed by atoms with Crippen molar-refractivity contribution >= 4 is 11.2 Å². The predicted molar refractivity (Wildman–Crippen MR) is 98.9 cm³/mol. The van der Waals surface area contributed by atoms with Crippen LogP contribution in [-0.4, -0.2) is 24.1 Å². The lowest BCUT2D eigenvalue weighted by Gasteiger charge is -2.05. The summed E-state index contributed by atoms with van der Waals surface area (Å²) >= 11 is 0. The lowest BCUT2D eigenvalue weighted by molar-refractivity contribution is 0.276. The Morgan fingerprint density at radius 3 is 2.92 bits per heavy atom. The van der Waals surface area contributed by atoms with Gasteiger partial charge in [0.05, 0.1) is 17.6 Å². The average molecular weight is 347 g/mol. The Labute approximate surface area is 151 Å². The molecule has 1 fully saturated rings. The molecule has 132 valence electrons. The van der Waals surface area contributed by atoms with Gasteiger partial charge >= 0.3 is 0 Å². The number of aromatic nitrogens is 5. The molecule has 0 spiro atoms. The minimum Gasteiger partial charge on any atom is -0.468 e. The molecule has 2 aliphatic carbocycles. The molecular formula is C20H21N5O. The molecule has 3 aromatic heterocycles. The number of hydrogen-bond acceptors (Lipinski definition) is 4. The second kappa shape index (κ2) is 6.12. The van der Waals surface area contributed by atoms with Crippen LogP contribution in [0.3, 0.4) is 0 Å². The van der Waals surface area contributed by atoms with E-state index < -0.39 is 0 Å². The molecule has 0 bridgehead atoms. The van der Waals surface area contributed by atoms with Gasteiger partial charge in [-0.1, -0.05) is 18.2 Å². The molecule has 0 aromatic carbocycles. The summed E-state index contributed by atoms with van der Waals surface area (Å²) in [5.74, 6) is 2.10. The molecule has 26 heavy (non-hydrogen) atoms. The van der Waals surface area contributed by atoms with Gasteiger partial charge in [-0.15, -0.1) is 5.10 Å². The van der Waals surface area contributed by atoms with E-state index in [2.05, 4.69) is 34.5 Å². The number of imidazole rings is 2. The average Bonchev–Trinajstić information content (AvgIpc) is 3.33. The van der Waals surface area contributed by atoms with Gasteiger partial charge in [0.25, 0.3) is 0 Å². The first-order chi connectivity index (χ1) is 12.8. The van der Waals surface area contributed by atoms with E-state index >= 15 is 0 Å². The van der Waals surface area contributed by atoms with Crippen molar-refractivity contribution in [3.8, 4) is 5.88 Å². The molecule has 0 saturated heterocycles. The first-order valence-electron chi connectivity index (χ1n) is 9.14. The fourth-order valence-electron chi connectivity index (χ4n) is 3.28. The molecule has 0 atom stereocenters. The predicted octanol–water partition coefficient (Wildman–Crippen LogP) is 3.65. The van der Waals surface area contributed by atoms with E-state index in [1.165, 1.54) is 18.4 Å². The molecule has 0 amide bonds. The monoisotopic (exact) mass is 347 g/mol. The van der Waals surface area contributed by atoms with Crippen LogP contribution >= 0.6 is 0 Å². The quantitative estimate of drug-likeness (QED) is 0.707. The van der Waals surface area contributed by atoms with Gasteiger partial charge in [0.15, 0.2) is 5.65 Å². The van der Waals surface area contributed by atoms with Crippen molar-refractivity contribution < 1.29 is 4.74 Å². The number of hydrogen-bond donors (Lipinski definition) is 0. The summed E-state index contributed by atoms with van der Waals surface area (Å²) in [6.45, 7) is 0.391. The van der Waals surface area contributed by atoms with Crippen molar-refractivity contribution in [1.82, 2.24) is 24.1 Å². The Morgan fingerprint density at radius 2 is 2.12 bits per heavy atom. The van der Waals surface area contributed by atoms with Crippen molar-refractivity contribution in [2.45, 2.75) is 38.2 Å². The third-order valence-electron chi connectivity index (χ3n) is 4.97. The first kappa shape index (κ1) is 15.4. The molecule has 6 nitrogen and oxygen atoms in total. The van der Waals surface area contributed by atoms with Crippen LogP contribution in [0.15, 0.2) is 42.8 Å². The van der Waals surface area contributed by atoms with Crippen LogP contribution in [0.5, 0.6) is 5.88 Å². The molecule has 1 saturated carbocycles. The maximum absolute atomic E-state index is 5.89. The van der Waals surface area contributed by atoms with E-state index in [9.17, 15) is 0 Å². The molecule has 2 aliphatic rings. The van der Waals surface area contributed by atoms with E-state index in [4.69, 9.17) is 9.72 Å². The van der Waals surface area contributed by atoms with Crippen molar-refractivity contribution in [1.29, 1.82) is 0 Å². The van der Waals surface area contributed by atoms with E-state index in [0.717, 1.165) is 35.7 Å². The first-order valence-corrected chi connectivity index (χ1v) is 9.14.